The molecule has 0 aliphatic carbocycles. The van der Waals surface area contributed by atoms with Gasteiger partial charge in [0.25, 0.3) is 0 Å². The molecule has 7 heteroatoms. The molecule has 96 valence electrons. The van der Waals surface area contributed by atoms with Crippen LogP contribution < -0.4 is 5.32 Å². The van der Waals surface area contributed by atoms with Crippen LogP contribution in [0.2, 0.25) is 0 Å². The van der Waals surface area contributed by atoms with Gasteiger partial charge in [0.05, 0.1) is 0 Å². The molecule has 0 aliphatic rings. The standard InChI is InChI=1S/C10H10F5NO/c1-5-2-3-6(11)9(8(5)12)16-4-7(17)10(13,14)15/h2-3,7,16-17H,4H2,1H3. The van der Waals surface area contributed by atoms with Crippen molar-refractivity contribution < 1.29 is 27.1 Å². The summed E-state index contributed by atoms with van der Waals surface area (Å²) in [4.78, 5) is 0. The molecule has 17 heavy (non-hydrogen) atoms. The van der Waals surface area contributed by atoms with Gasteiger partial charge in [-0.3, -0.25) is 0 Å². The van der Waals surface area contributed by atoms with Gasteiger partial charge in [-0.2, -0.15) is 13.2 Å². The molecule has 1 aromatic carbocycles. The third kappa shape index (κ3) is 3.29. The monoisotopic (exact) mass is 255 g/mol. The van der Waals surface area contributed by atoms with Gasteiger partial charge in [-0.05, 0) is 18.6 Å². The molecule has 2 N–H and O–H groups in total. The number of aryl methyl sites for hydroxylation is 1. The quantitative estimate of drug-likeness (QED) is 0.814. The number of alkyl halides is 3. The number of rotatable bonds is 3. The van der Waals surface area contributed by atoms with Crippen molar-refractivity contribution in [2.75, 3.05) is 11.9 Å². The fraction of sp³-hybridized carbons (Fsp3) is 0.400. The lowest BCUT2D eigenvalue weighted by Gasteiger charge is -2.16. The molecule has 0 radical (unpaired) electrons. The van der Waals surface area contributed by atoms with Crippen molar-refractivity contribution in [3.63, 3.8) is 0 Å². The van der Waals surface area contributed by atoms with Crippen molar-refractivity contribution in [3.05, 3.63) is 29.3 Å². The first-order chi connectivity index (χ1) is 7.73. The molecule has 1 unspecified atom stereocenters. The zero-order chi connectivity index (χ0) is 13.2. The number of hydrogen-bond acceptors (Lipinski definition) is 2. The molecule has 1 atom stereocenters. The van der Waals surface area contributed by atoms with E-state index in [2.05, 4.69) is 0 Å². The van der Waals surface area contributed by atoms with Gasteiger partial charge in [0.15, 0.2) is 11.9 Å². The third-order valence-electron chi connectivity index (χ3n) is 2.13. The molecule has 0 saturated heterocycles. The Kier molecular flexibility index (Phi) is 3.92. The zero-order valence-corrected chi connectivity index (χ0v) is 8.78. The number of halogens is 5. The minimum atomic E-state index is -4.83. The topological polar surface area (TPSA) is 32.3 Å². The van der Waals surface area contributed by atoms with E-state index < -0.39 is 36.1 Å². The molecule has 0 aliphatic heterocycles. The van der Waals surface area contributed by atoms with Crippen LogP contribution in [-0.2, 0) is 0 Å². The Hall–Kier alpha value is -1.37. The van der Waals surface area contributed by atoms with Crippen molar-refractivity contribution in [3.8, 4) is 0 Å². The lowest BCUT2D eigenvalue weighted by molar-refractivity contribution is -0.198. The summed E-state index contributed by atoms with van der Waals surface area (Å²) in [5, 5.41) is 10.6. The van der Waals surface area contributed by atoms with Crippen LogP contribution in [0.25, 0.3) is 0 Å². The molecule has 0 bridgehead atoms. The third-order valence-corrected chi connectivity index (χ3v) is 2.13. The fourth-order valence-corrected chi connectivity index (χ4v) is 1.13. The van der Waals surface area contributed by atoms with E-state index in [1.165, 1.54) is 6.92 Å². The first kappa shape index (κ1) is 13.7. The van der Waals surface area contributed by atoms with Crippen LogP contribution in [0.3, 0.4) is 0 Å². The second-order valence-electron chi connectivity index (χ2n) is 3.49. The van der Waals surface area contributed by atoms with E-state index in [0.717, 1.165) is 12.1 Å². The normalized spacial score (nSPS) is 13.6. The maximum Gasteiger partial charge on any atom is 0.416 e. The van der Waals surface area contributed by atoms with Gasteiger partial charge in [0.2, 0.25) is 0 Å². The van der Waals surface area contributed by atoms with Crippen LogP contribution in [-0.4, -0.2) is 23.9 Å². The van der Waals surface area contributed by atoms with E-state index in [1.54, 1.807) is 0 Å². The Labute approximate surface area is 94.1 Å². The predicted molar refractivity (Wildman–Crippen MR) is 51.6 cm³/mol. The summed E-state index contributed by atoms with van der Waals surface area (Å²) in [7, 11) is 0. The maximum absolute atomic E-state index is 13.3. The van der Waals surface area contributed by atoms with Crippen LogP contribution >= 0.6 is 0 Å². The van der Waals surface area contributed by atoms with E-state index in [4.69, 9.17) is 5.11 Å². The Morgan fingerprint density at radius 3 is 2.41 bits per heavy atom. The smallest absolute Gasteiger partial charge is 0.382 e. The Morgan fingerprint density at radius 2 is 1.88 bits per heavy atom. The first-order valence-corrected chi connectivity index (χ1v) is 4.66. The van der Waals surface area contributed by atoms with Gasteiger partial charge in [0, 0.05) is 6.54 Å². The van der Waals surface area contributed by atoms with Gasteiger partial charge in [-0.25, -0.2) is 8.78 Å². The Morgan fingerprint density at radius 1 is 1.29 bits per heavy atom. The van der Waals surface area contributed by atoms with E-state index >= 15 is 0 Å². The molecule has 2 nitrogen and oxygen atoms in total. The Balaban J connectivity index is 2.80. The summed E-state index contributed by atoms with van der Waals surface area (Å²) >= 11 is 0. The minimum absolute atomic E-state index is 0.0930. The fourth-order valence-electron chi connectivity index (χ4n) is 1.13. The molecular formula is C10H10F5NO. The van der Waals surface area contributed by atoms with Gasteiger partial charge in [0.1, 0.15) is 11.5 Å². The van der Waals surface area contributed by atoms with Crippen LogP contribution in [0.4, 0.5) is 27.6 Å². The molecule has 0 heterocycles. The lowest BCUT2D eigenvalue weighted by atomic mass is 10.2. The predicted octanol–water partition coefficient (Wildman–Crippen LogP) is 2.61. The van der Waals surface area contributed by atoms with Gasteiger partial charge < -0.3 is 10.4 Å². The van der Waals surface area contributed by atoms with E-state index in [-0.39, 0.29) is 5.56 Å². The lowest BCUT2D eigenvalue weighted by Crippen LogP contribution is -2.35. The maximum atomic E-state index is 13.3. The SMILES string of the molecule is Cc1ccc(F)c(NCC(O)C(F)(F)F)c1F. The van der Waals surface area contributed by atoms with Crippen LogP contribution in [0, 0.1) is 18.6 Å². The van der Waals surface area contributed by atoms with Crippen molar-refractivity contribution in [2.45, 2.75) is 19.2 Å². The summed E-state index contributed by atoms with van der Waals surface area (Å²) in [5.41, 5.74) is -0.580. The number of benzene rings is 1. The highest BCUT2D eigenvalue weighted by molar-refractivity contribution is 5.49. The van der Waals surface area contributed by atoms with Crippen LogP contribution in [0.5, 0.6) is 0 Å². The van der Waals surface area contributed by atoms with Crippen molar-refractivity contribution >= 4 is 5.69 Å². The minimum Gasteiger partial charge on any atom is -0.382 e. The van der Waals surface area contributed by atoms with Gasteiger partial charge in [-0.15, -0.1) is 0 Å². The van der Waals surface area contributed by atoms with E-state index in [9.17, 15) is 22.0 Å². The highest BCUT2D eigenvalue weighted by Gasteiger charge is 2.38. The van der Waals surface area contributed by atoms with E-state index in [1.807, 2.05) is 5.32 Å². The number of anilines is 1. The van der Waals surface area contributed by atoms with Crippen molar-refractivity contribution in [1.82, 2.24) is 0 Å². The summed E-state index contributed by atoms with van der Waals surface area (Å²) in [6, 6.07) is 2.09. The van der Waals surface area contributed by atoms with Crippen molar-refractivity contribution in [2.24, 2.45) is 0 Å². The molecule has 0 fully saturated rings. The molecule has 0 aromatic heterocycles. The summed E-state index contributed by atoms with van der Waals surface area (Å²) in [5.74, 6) is -1.98. The average molecular weight is 255 g/mol. The largest absolute Gasteiger partial charge is 0.416 e. The van der Waals surface area contributed by atoms with E-state index in [0.29, 0.717) is 0 Å². The van der Waals surface area contributed by atoms with Crippen LogP contribution in [0.15, 0.2) is 12.1 Å². The molecule has 1 rings (SSSR count). The summed E-state index contributed by atoms with van der Waals surface area (Å²) < 4.78 is 62.3. The second-order valence-corrected chi connectivity index (χ2v) is 3.49. The van der Waals surface area contributed by atoms with Gasteiger partial charge in [-0.1, -0.05) is 6.07 Å². The Bertz CT molecular complexity index is 404. The highest BCUT2D eigenvalue weighted by atomic mass is 19.4. The first-order valence-electron chi connectivity index (χ1n) is 4.66. The number of hydrogen-bond donors (Lipinski definition) is 2. The average Bonchev–Trinajstić information content (AvgIpc) is 2.22. The number of aliphatic hydroxyl groups excluding tert-OH is 1. The molecular weight excluding hydrogens is 245 g/mol. The molecule has 1 aromatic rings. The molecule has 0 saturated carbocycles. The molecule has 0 amide bonds. The molecule has 0 spiro atoms. The summed E-state index contributed by atoms with van der Waals surface area (Å²) in [6.07, 6.45) is -7.51. The van der Waals surface area contributed by atoms with Crippen molar-refractivity contribution in [1.29, 1.82) is 0 Å². The van der Waals surface area contributed by atoms with Crippen LogP contribution in [0.1, 0.15) is 5.56 Å². The summed E-state index contributed by atoms with van der Waals surface area (Å²) in [6.45, 7) is 0.334. The second kappa shape index (κ2) is 4.87. The highest BCUT2D eigenvalue weighted by Crippen LogP contribution is 2.24. The number of nitrogens with one attached hydrogen (secondary N) is 1. The number of aliphatic hydroxyl groups is 1. The van der Waals surface area contributed by atoms with Gasteiger partial charge >= 0.3 is 6.18 Å². The zero-order valence-electron chi connectivity index (χ0n) is 8.78.